The van der Waals surface area contributed by atoms with Crippen LogP contribution in [0.2, 0.25) is 5.02 Å². The van der Waals surface area contributed by atoms with Gasteiger partial charge in [0.15, 0.2) is 5.78 Å². The maximum absolute atomic E-state index is 13.0. The standard InChI is InChI=1S/C19H15ClN2O/c1-13-16(6-4-11-21)22-12-3-2-5-17(22)18(13)19(23)14-7-9-15(20)10-8-14/h2-3,5,7-10,12H,4,6H2,1H3. The van der Waals surface area contributed by atoms with E-state index in [1.165, 1.54) is 0 Å². The van der Waals surface area contributed by atoms with Gasteiger partial charge in [0.2, 0.25) is 0 Å². The molecule has 3 aromatic rings. The van der Waals surface area contributed by atoms with Gasteiger partial charge in [0.25, 0.3) is 0 Å². The van der Waals surface area contributed by atoms with Crippen molar-refractivity contribution in [2.75, 3.05) is 0 Å². The molecule has 0 bridgehead atoms. The van der Waals surface area contributed by atoms with Crippen LogP contribution in [0.5, 0.6) is 0 Å². The average molecular weight is 323 g/mol. The van der Waals surface area contributed by atoms with Crippen LogP contribution in [0.4, 0.5) is 0 Å². The Labute approximate surface area is 139 Å². The molecule has 0 fully saturated rings. The third-order valence-corrected chi connectivity index (χ3v) is 4.27. The van der Waals surface area contributed by atoms with Crippen LogP contribution < -0.4 is 0 Å². The Kier molecular flexibility index (Phi) is 4.18. The summed E-state index contributed by atoms with van der Waals surface area (Å²) < 4.78 is 2.01. The van der Waals surface area contributed by atoms with Crippen molar-refractivity contribution in [1.29, 1.82) is 5.26 Å². The Morgan fingerprint density at radius 2 is 1.96 bits per heavy atom. The summed E-state index contributed by atoms with van der Waals surface area (Å²) in [6, 6.07) is 14.9. The van der Waals surface area contributed by atoms with Gasteiger partial charge in [0.1, 0.15) is 0 Å². The maximum atomic E-state index is 13.0. The van der Waals surface area contributed by atoms with Gasteiger partial charge in [0.05, 0.1) is 17.1 Å². The lowest BCUT2D eigenvalue weighted by Gasteiger charge is -2.02. The smallest absolute Gasteiger partial charge is 0.195 e. The molecule has 0 aliphatic heterocycles. The second-order valence-electron chi connectivity index (χ2n) is 5.40. The number of nitrogens with zero attached hydrogens (tertiary/aromatic N) is 2. The van der Waals surface area contributed by atoms with Crippen LogP contribution in [0.25, 0.3) is 5.52 Å². The zero-order valence-electron chi connectivity index (χ0n) is 12.7. The van der Waals surface area contributed by atoms with Crippen molar-refractivity contribution < 1.29 is 4.79 Å². The summed E-state index contributed by atoms with van der Waals surface area (Å²) in [4.78, 5) is 13.0. The summed E-state index contributed by atoms with van der Waals surface area (Å²) in [5, 5.41) is 9.48. The lowest BCUT2D eigenvalue weighted by molar-refractivity contribution is 0.104. The molecule has 2 heterocycles. The maximum Gasteiger partial charge on any atom is 0.195 e. The third-order valence-electron chi connectivity index (χ3n) is 4.02. The Balaban J connectivity index is 2.17. The SMILES string of the molecule is Cc1c(C(=O)c2ccc(Cl)cc2)c2ccccn2c1CCC#N. The minimum atomic E-state index is -0.0222. The Morgan fingerprint density at radius 3 is 2.65 bits per heavy atom. The van der Waals surface area contributed by atoms with E-state index in [-0.39, 0.29) is 5.78 Å². The number of benzene rings is 1. The van der Waals surface area contributed by atoms with Crippen LogP contribution in [0, 0.1) is 18.3 Å². The number of halogens is 1. The summed E-state index contributed by atoms with van der Waals surface area (Å²) in [5.41, 5.74) is 4.13. The number of nitriles is 1. The monoisotopic (exact) mass is 322 g/mol. The minimum absolute atomic E-state index is 0.0222. The van der Waals surface area contributed by atoms with Crippen molar-refractivity contribution >= 4 is 22.9 Å². The highest BCUT2D eigenvalue weighted by Crippen LogP contribution is 2.27. The van der Waals surface area contributed by atoms with Crippen molar-refractivity contribution in [3.63, 3.8) is 0 Å². The van der Waals surface area contributed by atoms with E-state index in [0.717, 1.165) is 16.8 Å². The first kappa shape index (κ1) is 15.3. The van der Waals surface area contributed by atoms with Crippen molar-refractivity contribution in [1.82, 2.24) is 4.40 Å². The predicted octanol–water partition coefficient (Wildman–Crippen LogP) is 4.59. The number of hydrogen-bond acceptors (Lipinski definition) is 2. The first-order valence-electron chi connectivity index (χ1n) is 7.39. The molecule has 2 aromatic heterocycles. The first-order chi connectivity index (χ1) is 11.1. The number of carbonyl (C=O) groups is 1. The second-order valence-corrected chi connectivity index (χ2v) is 5.83. The molecule has 4 heteroatoms. The molecular weight excluding hydrogens is 308 g/mol. The van der Waals surface area contributed by atoms with Gasteiger partial charge in [-0.25, -0.2) is 0 Å². The van der Waals surface area contributed by atoms with Crippen molar-refractivity contribution in [3.8, 4) is 6.07 Å². The molecule has 0 spiro atoms. The molecule has 0 aliphatic rings. The normalized spacial score (nSPS) is 10.7. The van der Waals surface area contributed by atoms with Crippen LogP contribution in [-0.2, 0) is 6.42 Å². The highest BCUT2D eigenvalue weighted by atomic mass is 35.5. The van der Waals surface area contributed by atoms with Gasteiger partial charge < -0.3 is 4.40 Å². The Bertz CT molecular complexity index is 917. The molecule has 0 radical (unpaired) electrons. The molecule has 0 amide bonds. The number of aromatic nitrogens is 1. The highest BCUT2D eigenvalue weighted by molar-refractivity contribution is 6.30. The molecular formula is C19H15ClN2O. The number of aryl methyl sites for hydroxylation is 1. The summed E-state index contributed by atoms with van der Waals surface area (Å²) in [7, 11) is 0. The van der Waals surface area contributed by atoms with Gasteiger partial charge in [0, 0.05) is 35.3 Å². The van der Waals surface area contributed by atoms with Gasteiger partial charge in [-0.15, -0.1) is 0 Å². The lowest BCUT2D eigenvalue weighted by Crippen LogP contribution is -2.02. The van der Waals surface area contributed by atoms with Gasteiger partial charge in [-0.1, -0.05) is 17.7 Å². The predicted molar refractivity (Wildman–Crippen MR) is 91.0 cm³/mol. The molecule has 3 nitrogen and oxygen atoms in total. The Morgan fingerprint density at radius 1 is 1.22 bits per heavy atom. The molecule has 0 unspecified atom stereocenters. The first-order valence-corrected chi connectivity index (χ1v) is 7.77. The summed E-state index contributed by atoms with van der Waals surface area (Å²) in [5.74, 6) is -0.0222. The van der Waals surface area contributed by atoms with E-state index in [1.54, 1.807) is 24.3 Å². The van der Waals surface area contributed by atoms with E-state index >= 15 is 0 Å². The van der Waals surface area contributed by atoms with Crippen molar-refractivity contribution in [2.45, 2.75) is 19.8 Å². The van der Waals surface area contributed by atoms with Gasteiger partial charge in [-0.2, -0.15) is 5.26 Å². The van der Waals surface area contributed by atoms with E-state index < -0.39 is 0 Å². The van der Waals surface area contributed by atoms with E-state index in [0.29, 0.717) is 29.0 Å². The molecule has 0 saturated carbocycles. The molecule has 3 rings (SSSR count). The highest BCUT2D eigenvalue weighted by Gasteiger charge is 2.21. The third kappa shape index (κ3) is 2.74. The second kappa shape index (κ2) is 6.28. The minimum Gasteiger partial charge on any atom is -0.320 e. The molecule has 1 aromatic carbocycles. The van der Waals surface area contributed by atoms with E-state index in [4.69, 9.17) is 16.9 Å². The van der Waals surface area contributed by atoms with Crippen LogP contribution >= 0.6 is 11.6 Å². The van der Waals surface area contributed by atoms with Gasteiger partial charge in [-0.3, -0.25) is 4.79 Å². The number of hydrogen-bond donors (Lipinski definition) is 0. The van der Waals surface area contributed by atoms with Gasteiger partial charge in [-0.05, 0) is 48.9 Å². The fraction of sp³-hybridized carbons (Fsp3) is 0.158. The zero-order chi connectivity index (χ0) is 16.4. The molecule has 0 saturated heterocycles. The molecule has 114 valence electrons. The van der Waals surface area contributed by atoms with E-state index in [1.807, 2.05) is 35.7 Å². The zero-order valence-corrected chi connectivity index (χ0v) is 13.5. The van der Waals surface area contributed by atoms with Crippen molar-refractivity contribution in [3.05, 3.63) is 76.1 Å². The number of ketones is 1. The average Bonchev–Trinajstić information content (AvgIpc) is 2.84. The van der Waals surface area contributed by atoms with Gasteiger partial charge >= 0.3 is 0 Å². The van der Waals surface area contributed by atoms with Crippen LogP contribution in [0.1, 0.15) is 33.6 Å². The summed E-state index contributed by atoms with van der Waals surface area (Å²) in [6.07, 6.45) is 2.99. The number of carbonyl (C=O) groups excluding carboxylic acids is 1. The van der Waals surface area contributed by atoms with Crippen LogP contribution in [0.3, 0.4) is 0 Å². The largest absolute Gasteiger partial charge is 0.320 e. The quantitative estimate of drug-likeness (QED) is 0.659. The molecule has 0 N–H and O–H groups in total. The Hall–Kier alpha value is -2.57. The summed E-state index contributed by atoms with van der Waals surface area (Å²) in [6.45, 7) is 1.95. The van der Waals surface area contributed by atoms with E-state index in [2.05, 4.69) is 6.07 Å². The number of pyridine rings is 1. The number of rotatable bonds is 4. The lowest BCUT2D eigenvalue weighted by atomic mass is 9.99. The fourth-order valence-electron chi connectivity index (χ4n) is 2.91. The summed E-state index contributed by atoms with van der Waals surface area (Å²) >= 11 is 5.90. The topological polar surface area (TPSA) is 45.3 Å². The van der Waals surface area contributed by atoms with E-state index in [9.17, 15) is 4.79 Å². The molecule has 0 atom stereocenters. The molecule has 23 heavy (non-hydrogen) atoms. The number of fused-ring (bicyclic) bond motifs is 1. The van der Waals surface area contributed by atoms with Crippen molar-refractivity contribution in [2.24, 2.45) is 0 Å². The molecule has 0 aliphatic carbocycles. The fourth-order valence-corrected chi connectivity index (χ4v) is 3.04. The van der Waals surface area contributed by atoms with Crippen LogP contribution in [0.15, 0.2) is 48.7 Å². The van der Waals surface area contributed by atoms with Crippen LogP contribution in [-0.4, -0.2) is 10.2 Å².